The highest BCUT2D eigenvalue weighted by molar-refractivity contribution is 5.67. The zero-order valence-corrected chi connectivity index (χ0v) is 8.97. The molecule has 1 aliphatic heterocycles. The number of halogens is 4. The first-order valence-electron chi connectivity index (χ1n) is 5.24. The van der Waals surface area contributed by atoms with Gasteiger partial charge in [-0.1, -0.05) is 0 Å². The van der Waals surface area contributed by atoms with Crippen LogP contribution in [0, 0.1) is 11.7 Å². The Bertz CT molecular complexity index is 416. The van der Waals surface area contributed by atoms with Gasteiger partial charge < -0.3 is 10.6 Å². The van der Waals surface area contributed by atoms with Crippen LogP contribution in [0.25, 0.3) is 0 Å². The molecule has 1 aliphatic rings. The van der Waals surface area contributed by atoms with E-state index in [9.17, 15) is 17.6 Å². The third-order valence-corrected chi connectivity index (χ3v) is 2.98. The van der Waals surface area contributed by atoms with Crippen molar-refractivity contribution in [3.8, 4) is 0 Å². The van der Waals surface area contributed by atoms with Crippen LogP contribution in [0.2, 0.25) is 0 Å². The molecule has 1 atom stereocenters. The molecule has 2 rings (SSSR count). The molecule has 6 heteroatoms. The Balaban J connectivity index is 2.15. The molecule has 1 aromatic carbocycles. The molecule has 0 spiro atoms. The third-order valence-electron chi connectivity index (χ3n) is 2.98. The summed E-state index contributed by atoms with van der Waals surface area (Å²) in [4.78, 5) is 1.55. The SMILES string of the molecule is Nc1cc(F)ccc1N1CCC(C(F)(F)F)C1. The molecular formula is C11H12F4N2. The normalized spacial score (nSPS) is 20.9. The number of hydrogen-bond acceptors (Lipinski definition) is 2. The van der Waals surface area contributed by atoms with Crippen LogP contribution in [0.15, 0.2) is 18.2 Å². The monoisotopic (exact) mass is 248 g/mol. The van der Waals surface area contributed by atoms with Crippen molar-refractivity contribution >= 4 is 11.4 Å². The molecule has 94 valence electrons. The van der Waals surface area contributed by atoms with Gasteiger partial charge in [0.2, 0.25) is 0 Å². The molecule has 0 radical (unpaired) electrons. The lowest BCUT2D eigenvalue weighted by Gasteiger charge is -2.21. The molecule has 1 unspecified atom stereocenters. The minimum Gasteiger partial charge on any atom is -0.397 e. The number of hydrogen-bond donors (Lipinski definition) is 1. The van der Waals surface area contributed by atoms with E-state index in [4.69, 9.17) is 5.73 Å². The zero-order valence-electron chi connectivity index (χ0n) is 8.97. The Hall–Kier alpha value is -1.46. The molecule has 0 bridgehead atoms. The van der Waals surface area contributed by atoms with Crippen LogP contribution in [0.1, 0.15) is 6.42 Å². The van der Waals surface area contributed by atoms with Gasteiger partial charge in [-0.3, -0.25) is 0 Å². The number of nitrogen functional groups attached to an aromatic ring is 1. The van der Waals surface area contributed by atoms with Crippen molar-refractivity contribution in [1.82, 2.24) is 0 Å². The lowest BCUT2D eigenvalue weighted by atomic mass is 10.1. The number of alkyl halides is 3. The Morgan fingerprint density at radius 3 is 2.53 bits per heavy atom. The standard InChI is InChI=1S/C11H12F4N2/c12-8-1-2-10(9(16)5-8)17-4-3-7(6-17)11(13,14)15/h1-2,5,7H,3-4,6,16H2. The highest BCUT2D eigenvalue weighted by atomic mass is 19.4. The Morgan fingerprint density at radius 1 is 1.29 bits per heavy atom. The summed E-state index contributed by atoms with van der Waals surface area (Å²) in [7, 11) is 0. The van der Waals surface area contributed by atoms with Crippen molar-refractivity contribution in [2.45, 2.75) is 12.6 Å². The fourth-order valence-corrected chi connectivity index (χ4v) is 2.06. The van der Waals surface area contributed by atoms with E-state index in [0.717, 1.165) is 6.07 Å². The van der Waals surface area contributed by atoms with Crippen LogP contribution in [0.3, 0.4) is 0 Å². The second kappa shape index (κ2) is 4.09. The summed E-state index contributed by atoms with van der Waals surface area (Å²) in [5.41, 5.74) is 6.24. The molecule has 0 aromatic heterocycles. The third kappa shape index (κ3) is 2.45. The number of benzene rings is 1. The van der Waals surface area contributed by atoms with Crippen LogP contribution in [0.4, 0.5) is 28.9 Å². The molecule has 0 amide bonds. The van der Waals surface area contributed by atoms with Crippen LogP contribution >= 0.6 is 0 Å². The van der Waals surface area contributed by atoms with E-state index in [1.165, 1.54) is 12.1 Å². The molecule has 17 heavy (non-hydrogen) atoms. The second-order valence-corrected chi connectivity index (χ2v) is 4.18. The molecule has 1 saturated heterocycles. The lowest BCUT2D eigenvalue weighted by molar-refractivity contribution is -0.168. The van der Waals surface area contributed by atoms with Crippen molar-refractivity contribution in [1.29, 1.82) is 0 Å². The van der Waals surface area contributed by atoms with Gasteiger partial charge in [-0.15, -0.1) is 0 Å². The van der Waals surface area contributed by atoms with Gasteiger partial charge in [0.25, 0.3) is 0 Å². The summed E-state index contributed by atoms with van der Waals surface area (Å²) in [5.74, 6) is -1.82. The van der Waals surface area contributed by atoms with Gasteiger partial charge in [0.05, 0.1) is 17.3 Å². The Kier molecular flexibility index (Phi) is 2.89. The highest BCUT2D eigenvalue weighted by Gasteiger charge is 2.43. The van der Waals surface area contributed by atoms with E-state index < -0.39 is 17.9 Å². The van der Waals surface area contributed by atoms with E-state index in [0.29, 0.717) is 12.2 Å². The van der Waals surface area contributed by atoms with Gasteiger partial charge in [-0.25, -0.2) is 4.39 Å². The average Bonchev–Trinajstić information content (AvgIpc) is 2.65. The van der Waals surface area contributed by atoms with Gasteiger partial charge in [0, 0.05) is 13.1 Å². The highest BCUT2D eigenvalue weighted by Crippen LogP contribution is 2.37. The summed E-state index contributed by atoms with van der Waals surface area (Å²) in [6.45, 7) is 0.180. The minimum absolute atomic E-state index is 0.0559. The molecule has 2 nitrogen and oxygen atoms in total. The van der Waals surface area contributed by atoms with Crippen molar-refractivity contribution in [3.63, 3.8) is 0 Å². The van der Waals surface area contributed by atoms with E-state index in [1.807, 2.05) is 0 Å². The van der Waals surface area contributed by atoms with Crippen molar-refractivity contribution < 1.29 is 17.6 Å². The molecule has 1 heterocycles. The van der Waals surface area contributed by atoms with Crippen LogP contribution in [-0.2, 0) is 0 Å². The molecule has 2 N–H and O–H groups in total. The maximum atomic E-state index is 12.8. The molecular weight excluding hydrogens is 236 g/mol. The minimum atomic E-state index is -4.18. The van der Waals surface area contributed by atoms with E-state index in [1.54, 1.807) is 4.90 Å². The summed E-state index contributed by atoms with van der Waals surface area (Å²) >= 11 is 0. The Labute approximate surface area is 96.0 Å². The molecule has 1 aromatic rings. The zero-order chi connectivity index (χ0) is 12.6. The number of nitrogens with zero attached hydrogens (tertiary/aromatic N) is 1. The number of nitrogens with two attached hydrogens (primary N) is 1. The van der Waals surface area contributed by atoms with Gasteiger partial charge in [-0.2, -0.15) is 13.2 Å². The van der Waals surface area contributed by atoms with Gasteiger partial charge in [-0.05, 0) is 24.6 Å². The fourth-order valence-electron chi connectivity index (χ4n) is 2.06. The maximum Gasteiger partial charge on any atom is 0.393 e. The first kappa shape index (κ1) is 12.0. The predicted octanol–water partition coefficient (Wildman–Crippen LogP) is 2.80. The fraction of sp³-hybridized carbons (Fsp3) is 0.455. The lowest BCUT2D eigenvalue weighted by Crippen LogP contribution is -2.27. The maximum absolute atomic E-state index is 12.8. The smallest absolute Gasteiger partial charge is 0.393 e. The van der Waals surface area contributed by atoms with Crippen molar-refractivity contribution in [3.05, 3.63) is 24.0 Å². The van der Waals surface area contributed by atoms with E-state index >= 15 is 0 Å². The molecule has 0 aliphatic carbocycles. The summed E-state index contributed by atoms with van der Waals surface area (Å²) in [6.07, 6.45) is -4.12. The quantitative estimate of drug-likeness (QED) is 0.611. The topological polar surface area (TPSA) is 29.3 Å². The van der Waals surface area contributed by atoms with Gasteiger partial charge >= 0.3 is 6.18 Å². The number of anilines is 2. The summed E-state index contributed by atoms with van der Waals surface area (Å²) in [5, 5.41) is 0. The Morgan fingerprint density at radius 2 is 2.00 bits per heavy atom. The van der Waals surface area contributed by atoms with Gasteiger partial charge in [0.1, 0.15) is 5.82 Å². The van der Waals surface area contributed by atoms with Crippen molar-refractivity contribution in [2.24, 2.45) is 5.92 Å². The second-order valence-electron chi connectivity index (χ2n) is 4.18. The average molecular weight is 248 g/mol. The van der Waals surface area contributed by atoms with Crippen LogP contribution in [-0.4, -0.2) is 19.3 Å². The molecule has 1 fully saturated rings. The summed E-state index contributed by atoms with van der Waals surface area (Å²) < 4.78 is 50.3. The predicted molar refractivity (Wildman–Crippen MR) is 57.2 cm³/mol. The van der Waals surface area contributed by atoms with Gasteiger partial charge in [0.15, 0.2) is 0 Å². The largest absolute Gasteiger partial charge is 0.397 e. The van der Waals surface area contributed by atoms with Crippen LogP contribution in [0.5, 0.6) is 0 Å². The first-order valence-corrected chi connectivity index (χ1v) is 5.24. The van der Waals surface area contributed by atoms with E-state index in [-0.39, 0.29) is 18.7 Å². The summed E-state index contributed by atoms with van der Waals surface area (Å²) in [6, 6.07) is 3.74. The number of rotatable bonds is 1. The van der Waals surface area contributed by atoms with Crippen molar-refractivity contribution in [2.75, 3.05) is 23.7 Å². The molecule has 0 saturated carbocycles. The first-order chi connectivity index (χ1) is 7.88. The van der Waals surface area contributed by atoms with Crippen LogP contribution < -0.4 is 10.6 Å². The van der Waals surface area contributed by atoms with E-state index in [2.05, 4.69) is 0 Å².